The van der Waals surface area contributed by atoms with Gasteiger partial charge in [-0.15, -0.1) is 0 Å². The van der Waals surface area contributed by atoms with Crippen LogP contribution in [-0.4, -0.2) is 10.8 Å². The molecule has 0 saturated heterocycles. The number of amides is 1. The molecule has 0 atom stereocenters. The van der Waals surface area contributed by atoms with E-state index in [0.29, 0.717) is 11.3 Å². The van der Waals surface area contributed by atoms with Crippen molar-refractivity contribution in [2.24, 2.45) is 5.41 Å². The molecule has 1 aromatic carbocycles. The van der Waals surface area contributed by atoms with Crippen LogP contribution >= 0.6 is 0 Å². The monoisotopic (exact) mass is 262 g/mol. The van der Waals surface area contributed by atoms with Gasteiger partial charge in [-0.1, -0.05) is 25.8 Å². The number of hydrogen-bond acceptors (Lipinski definition) is 3. The number of hydrogen-bond donors (Lipinski definition) is 1. The Balaban J connectivity index is 2.17. The molecular formula is C14H18N2O3. The molecule has 1 N–H and O–H groups in total. The van der Waals surface area contributed by atoms with Crippen molar-refractivity contribution >= 4 is 17.3 Å². The fourth-order valence-corrected chi connectivity index (χ4v) is 2.55. The zero-order chi connectivity index (χ0) is 14.0. The van der Waals surface area contributed by atoms with Crippen LogP contribution in [0, 0.1) is 22.5 Å². The number of aryl methyl sites for hydroxylation is 1. The van der Waals surface area contributed by atoms with Crippen molar-refractivity contribution in [1.82, 2.24) is 0 Å². The van der Waals surface area contributed by atoms with E-state index in [0.717, 1.165) is 25.7 Å². The maximum Gasteiger partial charge on any atom is 0.274 e. The van der Waals surface area contributed by atoms with Gasteiger partial charge in [0.05, 0.1) is 4.92 Å². The lowest BCUT2D eigenvalue weighted by Crippen LogP contribution is -2.30. The number of benzene rings is 1. The summed E-state index contributed by atoms with van der Waals surface area (Å²) in [6.07, 6.45) is 3.90. The number of nitro groups is 1. The SMILES string of the molecule is Cc1ccc(NC(=O)C2(C)CCCC2)cc1[N+](=O)[O-]. The first-order chi connectivity index (χ1) is 8.92. The van der Waals surface area contributed by atoms with Gasteiger partial charge in [0.2, 0.25) is 5.91 Å². The summed E-state index contributed by atoms with van der Waals surface area (Å²) in [5.41, 5.74) is 0.791. The molecule has 5 heteroatoms. The fraction of sp³-hybridized carbons (Fsp3) is 0.500. The van der Waals surface area contributed by atoms with Crippen LogP contribution in [0.25, 0.3) is 0 Å². The van der Waals surface area contributed by atoms with E-state index in [2.05, 4.69) is 5.32 Å². The van der Waals surface area contributed by atoms with Crippen molar-refractivity contribution in [1.29, 1.82) is 0 Å². The molecule has 0 aromatic heterocycles. The molecular weight excluding hydrogens is 244 g/mol. The molecule has 0 spiro atoms. The van der Waals surface area contributed by atoms with Gasteiger partial charge in [0.25, 0.3) is 5.69 Å². The molecule has 102 valence electrons. The highest BCUT2D eigenvalue weighted by molar-refractivity contribution is 5.95. The highest BCUT2D eigenvalue weighted by atomic mass is 16.6. The Bertz CT molecular complexity index is 519. The van der Waals surface area contributed by atoms with Gasteiger partial charge in [0.15, 0.2) is 0 Å². The standard InChI is InChI=1S/C14H18N2O3/c1-10-5-6-11(9-12(10)16(18)19)15-13(17)14(2)7-3-4-8-14/h5-6,9H,3-4,7-8H2,1-2H3,(H,15,17). The normalized spacial score (nSPS) is 17.2. The van der Waals surface area contributed by atoms with Crippen LogP contribution in [0.1, 0.15) is 38.2 Å². The minimum absolute atomic E-state index is 0.0365. The van der Waals surface area contributed by atoms with Gasteiger partial charge in [0.1, 0.15) is 0 Å². The number of nitrogens with one attached hydrogen (secondary N) is 1. The Labute approximate surface area is 112 Å². The van der Waals surface area contributed by atoms with E-state index in [-0.39, 0.29) is 17.0 Å². The van der Waals surface area contributed by atoms with Gasteiger partial charge in [-0.25, -0.2) is 0 Å². The van der Waals surface area contributed by atoms with Crippen molar-refractivity contribution in [3.05, 3.63) is 33.9 Å². The van der Waals surface area contributed by atoms with Crippen LogP contribution < -0.4 is 5.32 Å². The van der Waals surface area contributed by atoms with Crippen LogP contribution in [0.2, 0.25) is 0 Å². The van der Waals surface area contributed by atoms with Crippen LogP contribution in [0.3, 0.4) is 0 Å². The van der Waals surface area contributed by atoms with E-state index in [1.54, 1.807) is 19.1 Å². The summed E-state index contributed by atoms with van der Waals surface area (Å²) in [7, 11) is 0. The molecule has 0 bridgehead atoms. The zero-order valence-electron chi connectivity index (χ0n) is 11.2. The average Bonchev–Trinajstić information content (AvgIpc) is 2.79. The van der Waals surface area contributed by atoms with E-state index in [1.165, 1.54) is 6.07 Å². The molecule has 0 radical (unpaired) electrons. The van der Waals surface area contributed by atoms with E-state index >= 15 is 0 Å². The molecule has 1 aromatic rings. The van der Waals surface area contributed by atoms with Gasteiger partial charge in [-0.05, 0) is 25.8 Å². The molecule has 2 rings (SSSR count). The molecule has 1 aliphatic carbocycles. The minimum Gasteiger partial charge on any atom is -0.325 e. The number of nitro benzene ring substituents is 1. The second kappa shape index (κ2) is 4.99. The lowest BCUT2D eigenvalue weighted by atomic mass is 9.88. The summed E-state index contributed by atoms with van der Waals surface area (Å²) in [5, 5.41) is 13.7. The van der Waals surface area contributed by atoms with Crippen molar-refractivity contribution in [2.45, 2.75) is 39.5 Å². The number of nitrogens with zero attached hydrogens (tertiary/aromatic N) is 1. The van der Waals surface area contributed by atoms with E-state index in [9.17, 15) is 14.9 Å². The minimum atomic E-state index is -0.428. The maximum absolute atomic E-state index is 12.2. The van der Waals surface area contributed by atoms with Crippen LogP contribution in [0.5, 0.6) is 0 Å². The van der Waals surface area contributed by atoms with Crippen molar-refractivity contribution < 1.29 is 9.72 Å². The second-order valence-corrected chi connectivity index (χ2v) is 5.48. The molecule has 5 nitrogen and oxygen atoms in total. The topological polar surface area (TPSA) is 72.2 Å². The Morgan fingerprint density at radius 1 is 1.37 bits per heavy atom. The highest BCUT2D eigenvalue weighted by Crippen LogP contribution is 2.38. The lowest BCUT2D eigenvalue weighted by molar-refractivity contribution is -0.385. The molecule has 0 unspecified atom stereocenters. The zero-order valence-corrected chi connectivity index (χ0v) is 11.2. The third-order valence-electron chi connectivity index (χ3n) is 3.92. The largest absolute Gasteiger partial charge is 0.325 e. The molecule has 1 saturated carbocycles. The van der Waals surface area contributed by atoms with Crippen molar-refractivity contribution in [3.8, 4) is 0 Å². The average molecular weight is 262 g/mol. The molecule has 19 heavy (non-hydrogen) atoms. The first-order valence-corrected chi connectivity index (χ1v) is 6.49. The Morgan fingerprint density at radius 2 is 2.00 bits per heavy atom. The van der Waals surface area contributed by atoms with Crippen LogP contribution in [0.4, 0.5) is 11.4 Å². The second-order valence-electron chi connectivity index (χ2n) is 5.48. The summed E-state index contributed by atoms with van der Waals surface area (Å²) in [6, 6.07) is 4.79. The molecule has 1 fully saturated rings. The fourth-order valence-electron chi connectivity index (χ4n) is 2.55. The number of anilines is 1. The summed E-state index contributed by atoms with van der Waals surface area (Å²) in [4.78, 5) is 22.7. The number of rotatable bonds is 3. The van der Waals surface area contributed by atoms with Crippen LogP contribution in [-0.2, 0) is 4.79 Å². The molecule has 1 aliphatic rings. The van der Waals surface area contributed by atoms with Crippen molar-refractivity contribution in [2.75, 3.05) is 5.32 Å². The first kappa shape index (κ1) is 13.5. The van der Waals surface area contributed by atoms with E-state index < -0.39 is 4.92 Å². The highest BCUT2D eigenvalue weighted by Gasteiger charge is 2.36. The smallest absolute Gasteiger partial charge is 0.274 e. The van der Waals surface area contributed by atoms with Gasteiger partial charge in [-0.3, -0.25) is 14.9 Å². The Morgan fingerprint density at radius 3 is 2.58 bits per heavy atom. The van der Waals surface area contributed by atoms with E-state index in [4.69, 9.17) is 0 Å². The van der Waals surface area contributed by atoms with Gasteiger partial charge < -0.3 is 5.32 Å². The van der Waals surface area contributed by atoms with E-state index in [1.807, 2.05) is 6.92 Å². The molecule has 1 amide bonds. The van der Waals surface area contributed by atoms with Gasteiger partial charge in [0, 0.05) is 22.7 Å². The summed E-state index contributed by atoms with van der Waals surface area (Å²) >= 11 is 0. The quantitative estimate of drug-likeness (QED) is 0.670. The summed E-state index contributed by atoms with van der Waals surface area (Å²) in [5.74, 6) is -0.0387. The first-order valence-electron chi connectivity index (χ1n) is 6.49. The third kappa shape index (κ3) is 2.75. The maximum atomic E-state index is 12.2. The van der Waals surface area contributed by atoms with Crippen LogP contribution in [0.15, 0.2) is 18.2 Å². The third-order valence-corrected chi connectivity index (χ3v) is 3.92. The van der Waals surface area contributed by atoms with Gasteiger partial charge in [-0.2, -0.15) is 0 Å². The van der Waals surface area contributed by atoms with Gasteiger partial charge >= 0.3 is 0 Å². The Hall–Kier alpha value is -1.91. The predicted molar refractivity (Wildman–Crippen MR) is 73.0 cm³/mol. The molecule has 0 heterocycles. The van der Waals surface area contributed by atoms with Crippen molar-refractivity contribution in [3.63, 3.8) is 0 Å². The summed E-state index contributed by atoms with van der Waals surface area (Å²) in [6.45, 7) is 3.64. The lowest BCUT2D eigenvalue weighted by Gasteiger charge is -2.22. The Kier molecular flexibility index (Phi) is 3.55. The summed E-state index contributed by atoms with van der Waals surface area (Å²) < 4.78 is 0. The predicted octanol–water partition coefficient (Wildman–Crippen LogP) is 3.42. The molecule has 0 aliphatic heterocycles. The number of carbonyl (C=O) groups is 1. The number of carbonyl (C=O) groups excluding carboxylic acids is 1.